The van der Waals surface area contributed by atoms with Crippen LogP contribution in [0.1, 0.15) is 28.2 Å². The number of nitrogens with zero attached hydrogens (tertiary/aromatic N) is 3. The van der Waals surface area contributed by atoms with Crippen molar-refractivity contribution < 1.29 is 9.53 Å². The number of aromatic nitrogens is 2. The van der Waals surface area contributed by atoms with Crippen molar-refractivity contribution in [2.45, 2.75) is 33.1 Å². The zero-order valence-corrected chi connectivity index (χ0v) is 19.8. The molecule has 0 radical (unpaired) electrons. The van der Waals surface area contributed by atoms with Gasteiger partial charge in [0.2, 0.25) is 5.91 Å². The number of amides is 1. The number of fused-ring (bicyclic) bond motifs is 1. The molecule has 0 bridgehead atoms. The first-order valence-electron chi connectivity index (χ1n) is 11.1. The van der Waals surface area contributed by atoms with E-state index in [1.54, 1.807) is 7.11 Å². The fourth-order valence-electron chi connectivity index (χ4n) is 4.10. The fourth-order valence-corrected chi connectivity index (χ4v) is 5.15. The number of methoxy groups -OCH3 is 1. The summed E-state index contributed by atoms with van der Waals surface area (Å²) in [5, 5.41) is 0.674. The summed E-state index contributed by atoms with van der Waals surface area (Å²) in [4.78, 5) is 38.8. The molecule has 0 saturated carbocycles. The quantitative estimate of drug-likeness (QED) is 0.594. The van der Waals surface area contributed by atoms with Crippen molar-refractivity contribution in [3.05, 3.63) is 56.4 Å². The highest BCUT2D eigenvalue weighted by molar-refractivity contribution is 7.18. The Balaban J connectivity index is 1.25. The summed E-state index contributed by atoms with van der Waals surface area (Å²) in [5.41, 5.74) is 2.18. The van der Waals surface area contributed by atoms with Gasteiger partial charge in [-0.05, 0) is 43.5 Å². The Morgan fingerprint density at radius 3 is 2.53 bits per heavy atom. The summed E-state index contributed by atoms with van der Waals surface area (Å²) in [7, 11) is 1.68. The lowest BCUT2D eigenvalue weighted by atomic mass is 10.1. The number of aryl methyl sites for hydroxylation is 3. The van der Waals surface area contributed by atoms with Gasteiger partial charge in [-0.15, -0.1) is 11.3 Å². The van der Waals surface area contributed by atoms with Crippen LogP contribution < -0.4 is 10.3 Å². The standard InChI is InChI=1S/C24H30N4O3S/c1-16-17(2)32-24-22(16)23(30)25-20(26-24)8-9-21(29)28-14-12-27(13-15-28)11-10-18-4-6-19(31-3)7-5-18/h4-7H,8-15H2,1-3H3,(H,25,26,30). The van der Waals surface area contributed by atoms with Gasteiger partial charge < -0.3 is 14.6 Å². The molecule has 3 heterocycles. The normalized spacial score (nSPS) is 14.8. The molecule has 1 aliphatic heterocycles. The highest BCUT2D eigenvalue weighted by atomic mass is 32.1. The molecule has 32 heavy (non-hydrogen) atoms. The van der Waals surface area contributed by atoms with Gasteiger partial charge in [-0.3, -0.25) is 14.5 Å². The number of ether oxygens (including phenoxy) is 1. The van der Waals surface area contributed by atoms with E-state index in [9.17, 15) is 9.59 Å². The molecule has 2 aromatic heterocycles. The number of hydrogen-bond acceptors (Lipinski definition) is 6. The Bertz CT molecular complexity index is 1140. The lowest BCUT2D eigenvalue weighted by molar-refractivity contribution is -0.132. The Morgan fingerprint density at radius 1 is 1.12 bits per heavy atom. The van der Waals surface area contributed by atoms with Crippen LogP contribution in [0.2, 0.25) is 0 Å². The molecule has 1 amide bonds. The number of aromatic amines is 1. The Morgan fingerprint density at radius 2 is 1.84 bits per heavy atom. The second kappa shape index (κ2) is 9.83. The molecule has 0 unspecified atom stereocenters. The molecule has 1 aliphatic rings. The summed E-state index contributed by atoms with van der Waals surface area (Å²) in [6, 6.07) is 8.19. The molecule has 1 N–H and O–H groups in total. The van der Waals surface area contributed by atoms with Crippen molar-refractivity contribution in [1.29, 1.82) is 0 Å². The van der Waals surface area contributed by atoms with Crippen LogP contribution in [-0.4, -0.2) is 65.5 Å². The molecule has 7 nitrogen and oxygen atoms in total. The monoisotopic (exact) mass is 454 g/mol. The SMILES string of the molecule is COc1ccc(CCN2CCN(C(=O)CCc3nc4sc(C)c(C)c4c(=O)[nH]3)CC2)cc1. The number of H-pyrrole nitrogens is 1. The van der Waals surface area contributed by atoms with Crippen LogP contribution in [0.25, 0.3) is 10.2 Å². The summed E-state index contributed by atoms with van der Waals surface area (Å²) in [6.07, 6.45) is 1.81. The molecule has 3 aromatic rings. The average Bonchev–Trinajstić information content (AvgIpc) is 3.10. The minimum atomic E-state index is -0.107. The molecule has 1 saturated heterocycles. The molecule has 1 fully saturated rings. The Kier molecular flexibility index (Phi) is 6.91. The number of thiophene rings is 1. The minimum Gasteiger partial charge on any atom is -0.497 e. The van der Waals surface area contributed by atoms with E-state index in [4.69, 9.17) is 4.74 Å². The molecule has 0 aliphatic carbocycles. The third kappa shape index (κ3) is 5.02. The van der Waals surface area contributed by atoms with E-state index in [0.29, 0.717) is 24.1 Å². The van der Waals surface area contributed by atoms with E-state index in [2.05, 4.69) is 27.0 Å². The van der Waals surface area contributed by atoms with Crippen LogP contribution in [0.15, 0.2) is 29.1 Å². The highest BCUT2D eigenvalue weighted by Crippen LogP contribution is 2.25. The molecule has 0 spiro atoms. The van der Waals surface area contributed by atoms with Crippen LogP contribution in [0.4, 0.5) is 0 Å². The first kappa shape index (κ1) is 22.5. The highest BCUT2D eigenvalue weighted by Gasteiger charge is 2.21. The second-order valence-electron chi connectivity index (χ2n) is 8.30. The molecular formula is C24H30N4O3S. The van der Waals surface area contributed by atoms with Crippen LogP contribution in [0, 0.1) is 13.8 Å². The van der Waals surface area contributed by atoms with E-state index in [0.717, 1.165) is 60.2 Å². The minimum absolute atomic E-state index is 0.107. The second-order valence-corrected chi connectivity index (χ2v) is 9.50. The summed E-state index contributed by atoms with van der Waals surface area (Å²) >= 11 is 1.54. The van der Waals surface area contributed by atoms with Crippen LogP contribution >= 0.6 is 11.3 Å². The van der Waals surface area contributed by atoms with Crippen molar-refractivity contribution in [3.63, 3.8) is 0 Å². The predicted octanol–water partition coefficient (Wildman–Crippen LogP) is 2.93. The number of benzene rings is 1. The maximum Gasteiger partial charge on any atom is 0.259 e. The molecule has 0 atom stereocenters. The maximum atomic E-state index is 12.7. The van der Waals surface area contributed by atoms with Gasteiger partial charge in [-0.1, -0.05) is 12.1 Å². The number of rotatable bonds is 7. The first-order valence-corrected chi connectivity index (χ1v) is 11.9. The zero-order chi connectivity index (χ0) is 22.7. The van der Waals surface area contributed by atoms with Crippen molar-refractivity contribution in [2.75, 3.05) is 39.8 Å². The number of carbonyl (C=O) groups excluding carboxylic acids is 1. The first-order chi connectivity index (χ1) is 15.4. The van der Waals surface area contributed by atoms with E-state index in [-0.39, 0.29) is 11.5 Å². The van der Waals surface area contributed by atoms with Gasteiger partial charge in [0.1, 0.15) is 16.4 Å². The van der Waals surface area contributed by atoms with Gasteiger partial charge >= 0.3 is 0 Å². The lowest BCUT2D eigenvalue weighted by Gasteiger charge is -2.34. The number of piperazine rings is 1. The number of hydrogen-bond donors (Lipinski definition) is 1. The van der Waals surface area contributed by atoms with Gasteiger partial charge in [-0.2, -0.15) is 0 Å². The van der Waals surface area contributed by atoms with Gasteiger partial charge in [0.15, 0.2) is 0 Å². The van der Waals surface area contributed by atoms with E-state index < -0.39 is 0 Å². The Hall–Kier alpha value is -2.71. The number of nitrogens with one attached hydrogen (secondary N) is 1. The van der Waals surface area contributed by atoms with Gasteiger partial charge in [0.05, 0.1) is 12.5 Å². The van der Waals surface area contributed by atoms with Crippen molar-refractivity contribution in [3.8, 4) is 5.75 Å². The lowest BCUT2D eigenvalue weighted by Crippen LogP contribution is -2.49. The average molecular weight is 455 g/mol. The third-order valence-corrected chi connectivity index (χ3v) is 7.37. The predicted molar refractivity (Wildman–Crippen MR) is 128 cm³/mol. The van der Waals surface area contributed by atoms with Gasteiger partial charge in [0, 0.05) is 50.4 Å². The van der Waals surface area contributed by atoms with Crippen molar-refractivity contribution >= 4 is 27.5 Å². The van der Waals surface area contributed by atoms with Crippen LogP contribution in [0.3, 0.4) is 0 Å². The summed E-state index contributed by atoms with van der Waals surface area (Å²) in [5.74, 6) is 1.59. The summed E-state index contributed by atoms with van der Waals surface area (Å²) < 4.78 is 5.21. The molecule has 8 heteroatoms. The Labute approximate surface area is 192 Å². The largest absolute Gasteiger partial charge is 0.497 e. The topological polar surface area (TPSA) is 78.5 Å². The maximum absolute atomic E-state index is 12.7. The third-order valence-electron chi connectivity index (χ3n) is 6.26. The molecule has 4 rings (SSSR count). The zero-order valence-electron chi connectivity index (χ0n) is 18.9. The van der Waals surface area contributed by atoms with Crippen molar-refractivity contribution in [2.24, 2.45) is 0 Å². The molecular weight excluding hydrogens is 424 g/mol. The van der Waals surface area contributed by atoms with E-state index in [1.807, 2.05) is 30.9 Å². The molecule has 170 valence electrons. The fraction of sp³-hybridized carbons (Fsp3) is 0.458. The van der Waals surface area contributed by atoms with E-state index in [1.165, 1.54) is 16.9 Å². The van der Waals surface area contributed by atoms with Crippen molar-refractivity contribution in [1.82, 2.24) is 19.8 Å². The van der Waals surface area contributed by atoms with Crippen LogP contribution in [0.5, 0.6) is 5.75 Å². The van der Waals surface area contributed by atoms with Gasteiger partial charge in [0.25, 0.3) is 5.56 Å². The van der Waals surface area contributed by atoms with Crippen LogP contribution in [-0.2, 0) is 17.6 Å². The van der Waals surface area contributed by atoms with Gasteiger partial charge in [-0.25, -0.2) is 4.98 Å². The molecule has 1 aromatic carbocycles. The summed E-state index contributed by atoms with van der Waals surface area (Å²) in [6.45, 7) is 8.19. The van der Waals surface area contributed by atoms with E-state index >= 15 is 0 Å². The number of carbonyl (C=O) groups is 1. The smallest absolute Gasteiger partial charge is 0.259 e.